The highest BCUT2D eigenvalue weighted by atomic mass is 35.5. The van der Waals surface area contributed by atoms with Crippen LogP contribution in [0.3, 0.4) is 0 Å². The third-order valence-corrected chi connectivity index (χ3v) is 4.42. The zero-order valence-electron chi connectivity index (χ0n) is 5.64. The quantitative estimate of drug-likeness (QED) is 0.482. The van der Waals surface area contributed by atoms with Crippen LogP contribution in [0, 0.1) is 17.8 Å². The lowest BCUT2D eigenvalue weighted by Gasteiger charge is -2.32. The van der Waals surface area contributed by atoms with Gasteiger partial charge in [-0.3, -0.25) is 4.79 Å². The molecule has 5 atom stereocenters. The molecule has 62 valence electrons. The fourth-order valence-corrected chi connectivity index (χ4v) is 3.41. The average Bonchev–Trinajstić information content (AvgIpc) is 2.17. The van der Waals surface area contributed by atoms with Crippen LogP contribution in [0.25, 0.3) is 0 Å². The Morgan fingerprint density at radius 3 is 1.82 bits per heavy atom. The summed E-state index contributed by atoms with van der Waals surface area (Å²) in [6.45, 7) is 0. The van der Waals surface area contributed by atoms with Crippen molar-refractivity contribution in [3.63, 3.8) is 0 Å². The maximum absolute atomic E-state index is 10.8. The predicted octanol–water partition coefficient (Wildman–Crippen LogP) is 2.23. The molecule has 0 saturated heterocycles. The molecule has 0 aliphatic heterocycles. The van der Waals surface area contributed by atoms with Crippen molar-refractivity contribution in [2.24, 2.45) is 17.8 Å². The van der Waals surface area contributed by atoms with Crippen molar-refractivity contribution >= 4 is 40.0 Å². The van der Waals surface area contributed by atoms with Gasteiger partial charge in [-0.05, 0) is 29.9 Å². The van der Waals surface area contributed by atoms with Crippen molar-refractivity contribution in [1.82, 2.24) is 0 Å². The molecule has 0 aromatic heterocycles. The van der Waals surface area contributed by atoms with Crippen LogP contribution >= 0.6 is 34.8 Å². The van der Waals surface area contributed by atoms with E-state index >= 15 is 0 Å². The first-order chi connectivity index (χ1) is 5.13. The number of fused-ring (bicyclic) bond motifs is 1. The van der Waals surface area contributed by atoms with E-state index in [1.165, 1.54) is 0 Å². The molecule has 3 aliphatic rings. The highest BCUT2D eigenvalue weighted by Crippen LogP contribution is 2.58. The monoisotopic (exact) mass is 212 g/mol. The van der Waals surface area contributed by atoms with Gasteiger partial charge >= 0.3 is 0 Å². The summed E-state index contributed by atoms with van der Waals surface area (Å²) in [5, 5.41) is -0.358. The van der Waals surface area contributed by atoms with E-state index in [2.05, 4.69) is 0 Å². The van der Waals surface area contributed by atoms with E-state index in [0.717, 1.165) is 6.42 Å². The molecule has 0 aromatic carbocycles. The summed E-state index contributed by atoms with van der Waals surface area (Å²) in [5.41, 5.74) is 0. The van der Waals surface area contributed by atoms with Gasteiger partial charge in [0.25, 0.3) is 0 Å². The molecule has 3 fully saturated rings. The first kappa shape index (κ1) is 8.15. The van der Waals surface area contributed by atoms with Crippen LogP contribution in [-0.4, -0.2) is 16.0 Å². The summed E-state index contributed by atoms with van der Waals surface area (Å²) < 4.78 is 0. The number of carbonyl (C=O) groups is 1. The van der Waals surface area contributed by atoms with E-state index in [1.807, 2.05) is 0 Å². The van der Waals surface area contributed by atoms with Gasteiger partial charge in [0.1, 0.15) is 0 Å². The van der Waals surface area contributed by atoms with Gasteiger partial charge in [0.05, 0.1) is 10.8 Å². The van der Waals surface area contributed by atoms with Crippen molar-refractivity contribution < 1.29 is 4.79 Å². The first-order valence-electron chi connectivity index (χ1n) is 3.60. The molecule has 11 heavy (non-hydrogen) atoms. The molecular formula is C7H7Cl3O. The molecule has 2 bridgehead atoms. The summed E-state index contributed by atoms with van der Waals surface area (Å²) in [7, 11) is 0. The van der Waals surface area contributed by atoms with Gasteiger partial charge in [0.15, 0.2) is 0 Å². The smallest absolute Gasteiger partial charge is 0.225 e. The lowest BCUT2D eigenvalue weighted by Crippen LogP contribution is -2.34. The minimum atomic E-state index is -0.264. The summed E-state index contributed by atoms with van der Waals surface area (Å²) in [6.07, 6.45) is 0.978. The largest absolute Gasteiger partial charge is 0.281 e. The summed E-state index contributed by atoms with van der Waals surface area (Å²) in [4.78, 5) is 10.8. The minimum absolute atomic E-state index is 0.0469. The Labute approximate surface area is 80.0 Å². The van der Waals surface area contributed by atoms with Gasteiger partial charge in [0.2, 0.25) is 5.24 Å². The van der Waals surface area contributed by atoms with Crippen LogP contribution in [-0.2, 0) is 4.79 Å². The molecule has 1 nitrogen and oxygen atoms in total. The van der Waals surface area contributed by atoms with Gasteiger partial charge in [-0.15, -0.1) is 23.2 Å². The zero-order valence-corrected chi connectivity index (χ0v) is 7.90. The van der Waals surface area contributed by atoms with E-state index < -0.39 is 0 Å². The Bertz CT molecular complexity index is 192. The van der Waals surface area contributed by atoms with Crippen LogP contribution in [0.4, 0.5) is 0 Å². The van der Waals surface area contributed by atoms with Crippen LogP contribution in [0.5, 0.6) is 0 Å². The van der Waals surface area contributed by atoms with Gasteiger partial charge in [-0.2, -0.15) is 0 Å². The summed E-state index contributed by atoms with van der Waals surface area (Å²) in [6, 6.07) is 0. The molecule has 0 heterocycles. The van der Waals surface area contributed by atoms with Gasteiger partial charge in [0, 0.05) is 5.92 Å². The van der Waals surface area contributed by atoms with Crippen LogP contribution in [0.15, 0.2) is 0 Å². The normalized spacial score (nSPS) is 53.9. The molecule has 0 N–H and O–H groups in total. The van der Waals surface area contributed by atoms with Crippen molar-refractivity contribution in [1.29, 1.82) is 0 Å². The molecule has 0 radical (unpaired) electrons. The van der Waals surface area contributed by atoms with E-state index in [1.54, 1.807) is 0 Å². The summed E-state index contributed by atoms with van der Waals surface area (Å²) in [5.74, 6) is 0.435. The summed E-state index contributed by atoms with van der Waals surface area (Å²) >= 11 is 17.3. The molecular weight excluding hydrogens is 206 g/mol. The lowest BCUT2D eigenvalue weighted by molar-refractivity contribution is -0.120. The molecule has 0 spiro atoms. The van der Waals surface area contributed by atoms with E-state index in [9.17, 15) is 4.79 Å². The first-order valence-corrected chi connectivity index (χ1v) is 4.85. The zero-order chi connectivity index (χ0) is 8.17. The lowest BCUT2D eigenvalue weighted by atomic mass is 9.73. The van der Waals surface area contributed by atoms with Crippen molar-refractivity contribution in [2.75, 3.05) is 0 Å². The topological polar surface area (TPSA) is 17.1 Å². The highest BCUT2D eigenvalue weighted by Gasteiger charge is 2.60. The van der Waals surface area contributed by atoms with Gasteiger partial charge < -0.3 is 0 Å². The maximum Gasteiger partial charge on any atom is 0.225 e. The Morgan fingerprint density at radius 2 is 1.64 bits per heavy atom. The Kier molecular flexibility index (Phi) is 1.86. The maximum atomic E-state index is 10.8. The number of alkyl halides is 2. The number of hydrogen-bond donors (Lipinski definition) is 0. The molecule has 1 unspecified atom stereocenters. The van der Waals surface area contributed by atoms with Gasteiger partial charge in [-0.25, -0.2) is 0 Å². The van der Waals surface area contributed by atoms with Crippen molar-refractivity contribution in [3.8, 4) is 0 Å². The Morgan fingerprint density at radius 1 is 1.18 bits per heavy atom. The third kappa shape index (κ3) is 0.944. The third-order valence-electron chi connectivity index (χ3n) is 2.85. The average molecular weight is 213 g/mol. The second kappa shape index (κ2) is 2.51. The van der Waals surface area contributed by atoms with E-state index in [-0.39, 0.29) is 33.8 Å². The molecule has 3 rings (SSSR count). The highest BCUT2D eigenvalue weighted by molar-refractivity contribution is 6.64. The van der Waals surface area contributed by atoms with Crippen LogP contribution < -0.4 is 0 Å². The predicted molar refractivity (Wildman–Crippen MR) is 45.2 cm³/mol. The number of hydrogen-bond acceptors (Lipinski definition) is 1. The van der Waals surface area contributed by atoms with E-state index in [0.29, 0.717) is 0 Å². The van der Waals surface area contributed by atoms with Crippen LogP contribution in [0.1, 0.15) is 6.42 Å². The van der Waals surface area contributed by atoms with Crippen molar-refractivity contribution in [3.05, 3.63) is 0 Å². The standard InChI is InChI=1S/C7H7Cl3O/c8-5-2-1-3(6(5)9)4(2)7(10)11/h2-6H,1H2/t2-,3+,4?,5+,6-. The Hall–Kier alpha value is 0.540. The molecule has 0 amide bonds. The fraction of sp³-hybridized carbons (Fsp3) is 0.857. The van der Waals surface area contributed by atoms with E-state index in [4.69, 9.17) is 34.8 Å². The Balaban J connectivity index is 2.17. The van der Waals surface area contributed by atoms with Crippen LogP contribution in [0.2, 0.25) is 0 Å². The number of carbonyl (C=O) groups excluding carboxylic acids is 1. The van der Waals surface area contributed by atoms with Crippen molar-refractivity contribution in [2.45, 2.75) is 17.2 Å². The fourth-order valence-electron chi connectivity index (χ4n) is 2.19. The van der Waals surface area contributed by atoms with Gasteiger partial charge in [-0.1, -0.05) is 0 Å². The number of rotatable bonds is 1. The molecule has 4 heteroatoms. The molecule has 3 aliphatic carbocycles. The second-order valence-corrected chi connectivity index (χ2v) is 4.66. The number of halogens is 3. The molecule has 0 aromatic rings. The second-order valence-electron chi connectivity index (χ2n) is 3.28. The molecule has 3 saturated carbocycles. The SMILES string of the molecule is O=C(Cl)C1[C@H]2C[C@@H]1[C@@H](Cl)[C@H]2Cl. The minimum Gasteiger partial charge on any atom is -0.281 e.